The van der Waals surface area contributed by atoms with Gasteiger partial charge in [0.15, 0.2) is 0 Å². The minimum Gasteiger partial charge on any atom is -0.354 e. The van der Waals surface area contributed by atoms with Crippen LogP contribution in [0.15, 0.2) is 42.5 Å². The number of nitrogens with one attached hydrogen (secondary N) is 2. The topological polar surface area (TPSA) is 71.1 Å². The number of rotatable bonds is 6. The van der Waals surface area contributed by atoms with Gasteiger partial charge in [0.1, 0.15) is 5.69 Å². The standard InChI is InChI=1S/C19H23N3O2/c1-4-10-21-18(23)15-11-16(22-17(12-15)19(24)20-3)13(2)14-8-6-5-7-9-14/h5-9,11-13H,4,10H2,1-3H3,(H,20,24)(H,21,23). The Balaban J connectivity index is 2.42. The molecule has 0 aliphatic carbocycles. The fraction of sp³-hybridized carbons (Fsp3) is 0.316. The van der Waals surface area contributed by atoms with Crippen molar-refractivity contribution in [2.24, 2.45) is 0 Å². The Morgan fingerprint density at radius 2 is 1.83 bits per heavy atom. The fourth-order valence-corrected chi connectivity index (χ4v) is 2.40. The van der Waals surface area contributed by atoms with Crippen LogP contribution in [0.2, 0.25) is 0 Å². The van der Waals surface area contributed by atoms with Crippen LogP contribution in [0, 0.1) is 0 Å². The summed E-state index contributed by atoms with van der Waals surface area (Å²) in [4.78, 5) is 28.8. The third-order valence-corrected chi connectivity index (χ3v) is 3.85. The Kier molecular flexibility index (Phi) is 6.07. The number of amides is 2. The zero-order valence-corrected chi connectivity index (χ0v) is 14.3. The molecule has 1 heterocycles. The van der Waals surface area contributed by atoms with Crippen LogP contribution in [-0.2, 0) is 0 Å². The number of hydrogen-bond donors (Lipinski definition) is 2. The van der Waals surface area contributed by atoms with Crippen LogP contribution in [0.1, 0.15) is 58.3 Å². The minimum atomic E-state index is -0.304. The van der Waals surface area contributed by atoms with Crippen molar-refractivity contribution < 1.29 is 9.59 Å². The smallest absolute Gasteiger partial charge is 0.269 e. The number of aromatic nitrogens is 1. The second-order valence-corrected chi connectivity index (χ2v) is 5.63. The van der Waals surface area contributed by atoms with Crippen molar-refractivity contribution in [3.63, 3.8) is 0 Å². The number of benzene rings is 1. The van der Waals surface area contributed by atoms with Crippen molar-refractivity contribution in [1.82, 2.24) is 15.6 Å². The summed E-state index contributed by atoms with van der Waals surface area (Å²) in [7, 11) is 1.55. The van der Waals surface area contributed by atoms with Gasteiger partial charge in [0.05, 0.1) is 0 Å². The van der Waals surface area contributed by atoms with Crippen LogP contribution >= 0.6 is 0 Å². The van der Waals surface area contributed by atoms with Gasteiger partial charge in [-0.05, 0) is 24.1 Å². The molecule has 0 spiro atoms. The molecule has 0 radical (unpaired) electrons. The van der Waals surface area contributed by atoms with Crippen LogP contribution in [-0.4, -0.2) is 30.4 Å². The lowest BCUT2D eigenvalue weighted by Gasteiger charge is -2.14. The lowest BCUT2D eigenvalue weighted by molar-refractivity contribution is 0.0953. The largest absolute Gasteiger partial charge is 0.354 e. The van der Waals surface area contributed by atoms with Crippen molar-refractivity contribution in [1.29, 1.82) is 0 Å². The van der Waals surface area contributed by atoms with Crippen molar-refractivity contribution in [2.45, 2.75) is 26.2 Å². The zero-order chi connectivity index (χ0) is 17.5. The molecule has 5 nitrogen and oxygen atoms in total. The Hall–Kier alpha value is -2.69. The van der Waals surface area contributed by atoms with E-state index in [2.05, 4.69) is 15.6 Å². The van der Waals surface area contributed by atoms with E-state index in [1.54, 1.807) is 13.1 Å². The molecule has 1 atom stereocenters. The number of hydrogen-bond acceptors (Lipinski definition) is 3. The Morgan fingerprint density at radius 3 is 2.46 bits per heavy atom. The van der Waals surface area contributed by atoms with E-state index >= 15 is 0 Å². The maximum atomic E-state index is 12.3. The number of carbonyl (C=O) groups is 2. The zero-order valence-electron chi connectivity index (χ0n) is 14.3. The van der Waals surface area contributed by atoms with Crippen molar-refractivity contribution in [3.8, 4) is 0 Å². The van der Waals surface area contributed by atoms with Crippen LogP contribution in [0.5, 0.6) is 0 Å². The molecule has 0 aliphatic heterocycles. The second kappa shape index (κ2) is 8.24. The highest BCUT2D eigenvalue weighted by atomic mass is 16.2. The van der Waals surface area contributed by atoms with E-state index in [0.717, 1.165) is 12.0 Å². The molecule has 5 heteroatoms. The van der Waals surface area contributed by atoms with E-state index < -0.39 is 0 Å². The van der Waals surface area contributed by atoms with Crippen LogP contribution < -0.4 is 10.6 Å². The minimum absolute atomic E-state index is 0.0199. The number of nitrogens with zero attached hydrogens (tertiary/aromatic N) is 1. The van der Waals surface area contributed by atoms with Gasteiger partial charge < -0.3 is 10.6 Å². The summed E-state index contributed by atoms with van der Waals surface area (Å²) in [5.41, 5.74) is 2.48. The molecular formula is C19H23N3O2. The summed E-state index contributed by atoms with van der Waals surface area (Å²) < 4.78 is 0. The first-order valence-electron chi connectivity index (χ1n) is 8.14. The highest BCUT2D eigenvalue weighted by molar-refractivity contribution is 5.98. The van der Waals surface area contributed by atoms with Gasteiger partial charge in [-0.2, -0.15) is 0 Å². The lowest BCUT2D eigenvalue weighted by Crippen LogP contribution is -2.26. The predicted octanol–water partition coefficient (Wildman–Crippen LogP) is 2.73. The Bertz CT molecular complexity index is 714. The average Bonchev–Trinajstić information content (AvgIpc) is 2.65. The van der Waals surface area contributed by atoms with E-state index in [0.29, 0.717) is 17.8 Å². The average molecular weight is 325 g/mol. The molecule has 0 aliphatic rings. The molecule has 0 saturated heterocycles. The van der Waals surface area contributed by atoms with Crippen molar-refractivity contribution in [2.75, 3.05) is 13.6 Å². The first-order chi connectivity index (χ1) is 11.6. The maximum Gasteiger partial charge on any atom is 0.269 e. The van der Waals surface area contributed by atoms with Crippen LogP contribution in [0.3, 0.4) is 0 Å². The molecule has 2 rings (SSSR count). The summed E-state index contributed by atoms with van der Waals surface area (Å²) >= 11 is 0. The van der Waals surface area contributed by atoms with E-state index in [1.165, 1.54) is 6.07 Å². The predicted molar refractivity (Wildman–Crippen MR) is 94.2 cm³/mol. The first-order valence-corrected chi connectivity index (χ1v) is 8.14. The molecule has 0 bridgehead atoms. The lowest BCUT2D eigenvalue weighted by atomic mass is 9.96. The first kappa shape index (κ1) is 17.7. The Labute approximate surface area is 142 Å². The second-order valence-electron chi connectivity index (χ2n) is 5.63. The maximum absolute atomic E-state index is 12.3. The molecule has 0 fully saturated rings. The normalized spacial score (nSPS) is 11.6. The molecule has 2 aromatic rings. The van der Waals surface area contributed by atoms with Gasteiger partial charge >= 0.3 is 0 Å². The highest BCUT2D eigenvalue weighted by Gasteiger charge is 2.17. The van der Waals surface area contributed by atoms with E-state index in [4.69, 9.17) is 0 Å². The fourth-order valence-electron chi connectivity index (χ4n) is 2.40. The van der Waals surface area contributed by atoms with E-state index in [-0.39, 0.29) is 23.4 Å². The van der Waals surface area contributed by atoms with Crippen LogP contribution in [0.25, 0.3) is 0 Å². The molecule has 1 unspecified atom stereocenters. The van der Waals surface area contributed by atoms with Gasteiger partial charge in [0, 0.05) is 30.8 Å². The summed E-state index contributed by atoms with van der Waals surface area (Å²) in [5.74, 6) is -0.513. The summed E-state index contributed by atoms with van der Waals surface area (Å²) in [6.07, 6.45) is 0.854. The molecule has 1 aromatic carbocycles. The summed E-state index contributed by atoms with van der Waals surface area (Å²) in [6, 6.07) is 13.2. The number of carbonyl (C=O) groups excluding carboxylic acids is 2. The van der Waals surface area contributed by atoms with Crippen LogP contribution in [0.4, 0.5) is 0 Å². The molecular weight excluding hydrogens is 302 g/mol. The number of pyridine rings is 1. The van der Waals surface area contributed by atoms with Gasteiger partial charge in [-0.15, -0.1) is 0 Å². The quantitative estimate of drug-likeness (QED) is 0.858. The molecule has 1 aromatic heterocycles. The monoisotopic (exact) mass is 325 g/mol. The van der Waals surface area contributed by atoms with E-state index in [9.17, 15) is 9.59 Å². The van der Waals surface area contributed by atoms with Crippen molar-refractivity contribution in [3.05, 3.63) is 65.0 Å². The van der Waals surface area contributed by atoms with Gasteiger partial charge in [-0.25, -0.2) is 4.98 Å². The molecule has 126 valence electrons. The SMILES string of the molecule is CCCNC(=O)c1cc(C(=O)NC)nc(C(C)c2ccccc2)c1. The summed E-state index contributed by atoms with van der Waals surface area (Å²) in [5, 5.41) is 5.40. The molecule has 24 heavy (non-hydrogen) atoms. The highest BCUT2D eigenvalue weighted by Crippen LogP contribution is 2.23. The third-order valence-electron chi connectivity index (χ3n) is 3.85. The Morgan fingerprint density at radius 1 is 1.12 bits per heavy atom. The third kappa shape index (κ3) is 4.19. The molecule has 2 N–H and O–H groups in total. The van der Waals surface area contributed by atoms with E-state index in [1.807, 2.05) is 44.2 Å². The summed E-state index contributed by atoms with van der Waals surface area (Å²) in [6.45, 7) is 4.60. The van der Waals surface area contributed by atoms with Gasteiger partial charge in [0.25, 0.3) is 11.8 Å². The van der Waals surface area contributed by atoms with Gasteiger partial charge in [-0.1, -0.05) is 44.2 Å². The van der Waals surface area contributed by atoms with Crippen molar-refractivity contribution >= 4 is 11.8 Å². The van der Waals surface area contributed by atoms with Gasteiger partial charge in [0.2, 0.25) is 0 Å². The molecule has 0 saturated carbocycles. The van der Waals surface area contributed by atoms with Gasteiger partial charge in [-0.3, -0.25) is 9.59 Å². The molecule has 2 amide bonds.